The maximum atomic E-state index is 13.0. The molecular formula is C26H43N3O9. The molecule has 0 saturated carbocycles. The van der Waals surface area contributed by atoms with Gasteiger partial charge in [-0.3, -0.25) is 19.2 Å². The van der Waals surface area contributed by atoms with E-state index in [1.165, 1.54) is 0 Å². The Morgan fingerprint density at radius 2 is 1.03 bits per heavy atom. The van der Waals surface area contributed by atoms with Gasteiger partial charge in [0.15, 0.2) is 24.5 Å². The minimum absolute atomic E-state index is 0.418. The molecule has 1 heterocycles. The average Bonchev–Trinajstić information content (AvgIpc) is 2.73. The summed E-state index contributed by atoms with van der Waals surface area (Å²) in [6.45, 7) is 19.2. The zero-order valence-electron chi connectivity index (χ0n) is 24.6. The van der Waals surface area contributed by atoms with Gasteiger partial charge in [-0.15, -0.1) is 0 Å². The van der Waals surface area contributed by atoms with Crippen molar-refractivity contribution in [1.29, 1.82) is 0 Å². The maximum absolute atomic E-state index is 13.0. The van der Waals surface area contributed by atoms with Crippen molar-refractivity contribution in [3.63, 3.8) is 0 Å². The molecule has 1 fully saturated rings. The van der Waals surface area contributed by atoms with Crippen molar-refractivity contribution in [2.45, 2.75) is 114 Å². The van der Waals surface area contributed by atoms with E-state index < -0.39 is 82.8 Å². The first kappa shape index (κ1) is 33.2. The lowest BCUT2D eigenvalue weighted by Crippen LogP contribution is -2.63. The van der Waals surface area contributed by atoms with Crippen molar-refractivity contribution in [1.82, 2.24) is 0 Å². The van der Waals surface area contributed by atoms with E-state index in [9.17, 15) is 24.7 Å². The number of nitrogens with zero attached hydrogens (tertiary/aromatic N) is 3. The Morgan fingerprint density at radius 1 is 0.658 bits per heavy atom. The Kier molecular flexibility index (Phi) is 10.4. The molecular weight excluding hydrogens is 498 g/mol. The van der Waals surface area contributed by atoms with Crippen molar-refractivity contribution in [2.75, 3.05) is 6.61 Å². The molecule has 0 amide bonds. The summed E-state index contributed by atoms with van der Waals surface area (Å²) < 4.78 is 28.6. The fourth-order valence-corrected chi connectivity index (χ4v) is 2.85. The highest BCUT2D eigenvalue weighted by Gasteiger charge is 2.54. The second-order valence-corrected chi connectivity index (χ2v) is 13.5. The third-order valence-electron chi connectivity index (χ3n) is 5.33. The first-order chi connectivity index (χ1) is 17.0. The Hall–Kier alpha value is -2.85. The van der Waals surface area contributed by atoms with Gasteiger partial charge < -0.3 is 23.7 Å². The summed E-state index contributed by atoms with van der Waals surface area (Å²) in [4.78, 5) is 54.2. The van der Waals surface area contributed by atoms with Crippen molar-refractivity contribution in [3.05, 3.63) is 10.4 Å². The van der Waals surface area contributed by atoms with Crippen LogP contribution in [0.3, 0.4) is 0 Å². The van der Waals surface area contributed by atoms with Crippen LogP contribution in [0.2, 0.25) is 0 Å². The monoisotopic (exact) mass is 541 g/mol. The molecule has 1 aliphatic heterocycles. The molecule has 0 spiro atoms. The van der Waals surface area contributed by atoms with Gasteiger partial charge in [-0.2, -0.15) is 0 Å². The van der Waals surface area contributed by atoms with Crippen LogP contribution in [0.25, 0.3) is 10.4 Å². The standard InChI is InChI=1S/C26H43N3O9/c1-23(2,3)19(30)34-13-14-15(36-20(31)24(4,5)6)16(37-21(32)25(7,8)9)17(18(35-14)28-29-27)38-22(33)26(10,11)12/h14-18H,13H2,1-12H3/t14?,15-,16?,17?,18+/m0/s1. The molecule has 3 unspecified atom stereocenters. The van der Waals surface area contributed by atoms with Crippen LogP contribution in [-0.2, 0) is 42.9 Å². The van der Waals surface area contributed by atoms with Crippen LogP contribution < -0.4 is 0 Å². The van der Waals surface area contributed by atoms with Gasteiger partial charge in [-0.25, -0.2) is 0 Å². The van der Waals surface area contributed by atoms with Crippen LogP contribution in [0.5, 0.6) is 0 Å². The van der Waals surface area contributed by atoms with E-state index in [-0.39, 0.29) is 0 Å². The quantitative estimate of drug-likeness (QED) is 0.155. The average molecular weight is 542 g/mol. The number of ether oxygens (including phenoxy) is 5. The predicted molar refractivity (Wildman–Crippen MR) is 136 cm³/mol. The highest BCUT2D eigenvalue weighted by atomic mass is 16.7. The molecule has 0 radical (unpaired) electrons. The van der Waals surface area contributed by atoms with Crippen LogP contribution in [0.15, 0.2) is 5.11 Å². The zero-order valence-corrected chi connectivity index (χ0v) is 24.6. The van der Waals surface area contributed by atoms with E-state index in [4.69, 9.17) is 23.7 Å². The first-order valence-corrected chi connectivity index (χ1v) is 12.5. The molecule has 1 saturated heterocycles. The lowest BCUT2D eigenvalue weighted by atomic mass is 9.92. The first-order valence-electron chi connectivity index (χ1n) is 12.5. The van der Waals surface area contributed by atoms with Gasteiger partial charge in [0.2, 0.25) is 0 Å². The third-order valence-corrected chi connectivity index (χ3v) is 5.33. The van der Waals surface area contributed by atoms with Crippen molar-refractivity contribution in [3.8, 4) is 0 Å². The predicted octanol–water partition coefficient (Wildman–Crippen LogP) is 4.48. The summed E-state index contributed by atoms with van der Waals surface area (Å²) in [7, 11) is 0. The lowest BCUT2D eigenvalue weighted by molar-refractivity contribution is -0.259. The minimum Gasteiger partial charge on any atom is -0.462 e. The second-order valence-electron chi connectivity index (χ2n) is 13.5. The lowest BCUT2D eigenvalue weighted by Gasteiger charge is -2.45. The number of hydrogen-bond donors (Lipinski definition) is 0. The van der Waals surface area contributed by atoms with Gasteiger partial charge in [0.05, 0.1) is 21.7 Å². The van der Waals surface area contributed by atoms with Crippen LogP contribution in [-0.4, -0.2) is 61.1 Å². The van der Waals surface area contributed by atoms with E-state index in [2.05, 4.69) is 10.0 Å². The molecule has 5 atom stereocenters. The highest BCUT2D eigenvalue weighted by Crippen LogP contribution is 2.34. The van der Waals surface area contributed by atoms with Crippen molar-refractivity contribution < 1.29 is 42.9 Å². The topological polar surface area (TPSA) is 163 Å². The Morgan fingerprint density at radius 3 is 1.39 bits per heavy atom. The van der Waals surface area contributed by atoms with E-state index in [1.54, 1.807) is 83.1 Å². The Labute approximate surface area is 224 Å². The molecule has 12 nitrogen and oxygen atoms in total. The maximum Gasteiger partial charge on any atom is 0.311 e. The molecule has 216 valence electrons. The summed E-state index contributed by atoms with van der Waals surface area (Å²) in [6, 6.07) is 0. The van der Waals surface area contributed by atoms with Crippen molar-refractivity contribution >= 4 is 23.9 Å². The van der Waals surface area contributed by atoms with Crippen LogP contribution in [0.1, 0.15) is 83.1 Å². The van der Waals surface area contributed by atoms with E-state index in [1.807, 2.05) is 0 Å². The van der Waals surface area contributed by atoms with Gasteiger partial charge in [0.1, 0.15) is 12.7 Å². The minimum atomic E-state index is -1.48. The number of carbonyl (C=O) groups is 4. The largest absolute Gasteiger partial charge is 0.462 e. The van der Waals surface area contributed by atoms with Crippen LogP contribution >= 0.6 is 0 Å². The Bertz CT molecular complexity index is 945. The molecule has 0 aromatic heterocycles. The van der Waals surface area contributed by atoms with E-state index in [0.717, 1.165) is 0 Å². The molecule has 0 bridgehead atoms. The zero-order chi connectivity index (χ0) is 29.9. The molecule has 38 heavy (non-hydrogen) atoms. The van der Waals surface area contributed by atoms with Crippen molar-refractivity contribution in [2.24, 2.45) is 26.8 Å². The van der Waals surface area contributed by atoms with Crippen LogP contribution in [0, 0.1) is 21.7 Å². The van der Waals surface area contributed by atoms with Gasteiger partial charge in [-0.05, 0) is 88.6 Å². The van der Waals surface area contributed by atoms with E-state index in [0.29, 0.717) is 0 Å². The highest BCUT2D eigenvalue weighted by molar-refractivity contribution is 5.78. The smallest absolute Gasteiger partial charge is 0.311 e. The number of azide groups is 1. The number of rotatable bonds is 6. The fourth-order valence-electron chi connectivity index (χ4n) is 2.85. The van der Waals surface area contributed by atoms with Gasteiger partial charge in [0, 0.05) is 4.91 Å². The fraction of sp³-hybridized carbons (Fsp3) is 0.846. The SMILES string of the molecule is CC(C)(C)C(=O)OCC1O[C@@H](N=[N+]=[N-])C(OC(=O)C(C)(C)C)C(OC(=O)C(C)(C)C)[C@H]1OC(=O)C(C)(C)C. The third kappa shape index (κ3) is 9.16. The molecule has 0 aliphatic carbocycles. The number of esters is 4. The number of hydrogen-bond acceptors (Lipinski definition) is 10. The molecule has 1 rings (SSSR count). The molecule has 0 aromatic rings. The summed E-state index contributed by atoms with van der Waals surface area (Å²) >= 11 is 0. The molecule has 0 aromatic carbocycles. The number of carbonyl (C=O) groups excluding carboxylic acids is 4. The van der Waals surface area contributed by atoms with E-state index >= 15 is 0 Å². The molecule has 0 N–H and O–H groups in total. The molecule has 12 heteroatoms. The summed E-state index contributed by atoms with van der Waals surface area (Å²) in [5.41, 5.74) is 5.44. The van der Waals surface area contributed by atoms with Gasteiger partial charge >= 0.3 is 23.9 Å². The van der Waals surface area contributed by atoms with Crippen LogP contribution in [0.4, 0.5) is 0 Å². The van der Waals surface area contributed by atoms with Gasteiger partial charge in [0.25, 0.3) is 0 Å². The summed E-state index contributed by atoms with van der Waals surface area (Å²) in [5, 5.41) is 3.62. The summed E-state index contributed by atoms with van der Waals surface area (Å²) in [5.74, 6) is -2.62. The molecule has 1 aliphatic rings. The second kappa shape index (κ2) is 11.9. The Balaban J connectivity index is 3.67. The normalized spacial score (nSPS) is 24.5. The summed E-state index contributed by atoms with van der Waals surface area (Å²) in [6.07, 6.45) is -6.97. The van der Waals surface area contributed by atoms with Gasteiger partial charge in [-0.1, -0.05) is 5.11 Å².